The number of esters is 1. The van der Waals surface area contributed by atoms with Crippen LogP contribution in [-0.4, -0.2) is 52.0 Å². The van der Waals surface area contributed by atoms with Crippen molar-refractivity contribution in [3.05, 3.63) is 52.5 Å². The number of carbonyl (C=O) groups is 2. The van der Waals surface area contributed by atoms with E-state index in [4.69, 9.17) is 21.1 Å². The number of hydrogen-bond acceptors (Lipinski definition) is 6. The topological polar surface area (TPSA) is 102 Å². The van der Waals surface area contributed by atoms with E-state index < -0.39 is 16.0 Å². The fourth-order valence-electron chi connectivity index (χ4n) is 3.57. The Morgan fingerprint density at radius 3 is 2.42 bits per heavy atom. The Balaban J connectivity index is 1.86. The second-order valence-corrected chi connectivity index (χ2v) is 9.95. The van der Waals surface area contributed by atoms with Gasteiger partial charge in [-0.05, 0) is 62.1 Å². The first-order chi connectivity index (χ1) is 15.7. The molecule has 0 aliphatic carbocycles. The summed E-state index contributed by atoms with van der Waals surface area (Å²) in [5.74, 6) is -0.00624. The third-order valence-electron chi connectivity index (χ3n) is 5.50. The van der Waals surface area contributed by atoms with Crippen LogP contribution in [0.25, 0.3) is 0 Å². The molecule has 8 nitrogen and oxygen atoms in total. The van der Waals surface area contributed by atoms with Crippen LogP contribution in [0, 0.1) is 5.92 Å². The summed E-state index contributed by atoms with van der Waals surface area (Å²) in [6.07, 6.45) is 1.80. The van der Waals surface area contributed by atoms with E-state index in [-0.39, 0.29) is 39.2 Å². The van der Waals surface area contributed by atoms with Gasteiger partial charge in [0.25, 0.3) is 15.9 Å². The molecule has 0 unspecified atom stereocenters. The smallest absolute Gasteiger partial charge is 0.339 e. The van der Waals surface area contributed by atoms with Crippen molar-refractivity contribution in [3.8, 4) is 5.75 Å². The van der Waals surface area contributed by atoms with E-state index in [1.165, 1.54) is 43.5 Å². The molecule has 1 aliphatic heterocycles. The maximum Gasteiger partial charge on any atom is 0.339 e. The minimum Gasteiger partial charge on any atom is -0.496 e. The molecule has 0 spiro atoms. The zero-order chi connectivity index (χ0) is 24.2. The predicted molar refractivity (Wildman–Crippen MR) is 126 cm³/mol. The second kappa shape index (κ2) is 10.4. The lowest BCUT2D eigenvalue weighted by Crippen LogP contribution is -2.38. The van der Waals surface area contributed by atoms with Crippen LogP contribution in [0.4, 0.5) is 5.69 Å². The maximum absolute atomic E-state index is 13.1. The van der Waals surface area contributed by atoms with Crippen LogP contribution in [0.2, 0.25) is 5.02 Å². The fourth-order valence-corrected chi connectivity index (χ4v) is 4.90. The Bertz CT molecular complexity index is 1140. The monoisotopic (exact) mass is 494 g/mol. The van der Waals surface area contributed by atoms with Crippen LogP contribution in [0.15, 0.2) is 41.3 Å². The van der Waals surface area contributed by atoms with Crippen molar-refractivity contribution >= 4 is 39.2 Å². The van der Waals surface area contributed by atoms with Gasteiger partial charge in [0, 0.05) is 13.1 Å². The van der Waals surface area contributed by atoms with Crippen molar-refractivity contribution in [1.82, 2.24) is 4.90 Å². The SMILES string of the molecule is CCOC(=O)c1ccc(NS(=O)(=O)c2ccc(OC)c(C(=O)N3CCC(C)CC3)c2)cc1Cl. The van der Waals surface area contributed by atoms with E-state index in [0.717, 1.165) is 12.8 Å². The minimum atomic E-state index is -4.05. The molecular formula is C23H27ClN2O6S. The van der Waals surface area contributed by atoms with Gasteiger partial charge in [-0.2, -0.15) is 0 Å². The highest BCUT2D eigenvalue weighted by molar-refractivity contribution is 7.92. The van der Waals surface area contributed by atoms with Crippen molar-refractivity contribution in [3.63, 3.8) is 0 Å². The summed E-state index contributed by atoms with van der Waals surface area (Å²) < 4.78 is 38.7. The van der Waals surface area contributed by atoms with Gasteiger partial charge in [-0.1, -0.05) is 18.5 Å². The molecule has 1 amide bonds. The summed E-state index contributed by atoms with van der Waals surface area (Å²) in [6.45, 7) is 5.24. The number of halogens is 1. The summed E-state index contributed by atoms with van der Waals surface area (Å²) in [6, 6.07) is 8.28. The number of likely N-dealkylation sites (tertiary alicyclic amines) is 1. The molecule has 1 heterocycles. The molecular weight excluding hydrogens is 468 g/mol. The Morgan fingerprint density at radius 2 is 1.82 bits per heavy atom. The first-order valence-corrected chi connectivity index (χ1v) is 12.5. The molecule has 1 aliphatic rings. The number of nitrogens with zero attached hydrogens (tertiary/aromatic N) is 1. The predicted octanol–water partition coefficient (Wildman–Crippen LogP) is 4.20. The third kappa shape index (κ3) is 5.78. The Morgan fingerprint density at radius 1 is 1.12 bits per heavy atom. The standard InChI is InChI=1S/C23H27ClN2O6S/c1-4-32-23(28)18-7-5-16(13-20(18)24)25-33(29,30)17-6-8-21(31-3)19(14-17)22(27)26-11-9-15(2)10-12-26/h5-8,13-15,25H,4,9-12H2,1-3H3. The zero-order valence-electron chi connectivity index (χ0n) is 18.8. The number of amides is 1. The quantitative estimate of drug-likeness (QED) is 0.579. The molecule has 2 aromatic rings. The van der Waals surface area contributed by atoms with Crippen LogP contribution in [0.3, 0.4) is 0 Å². The number of anilines is 1. The van der Waals surface area contributed by atoms with E-state index in [1.54, 1.807) is 11.8 Å². The van der Waals surface area contributed by atoms with E-state index in [9.17, 15) is 18.0 Å². The number of rotatable bonds is 7. The molecule has 1 N–H and O–H groups in total. The van der Waals surface area contributed by atoms with Gasteiger partial charge in [-0.3, -0.25) is 9.52 Å². The lowest BCUT2D eigenvalue weighted by atomic mass is 9.98. The normalized spacial score (nSPS) is 14.6. The molecule has 0 bridgehead atoms. The number of ether oxygens (including phenoxy) is 2. The molecule has 33 heavy (non-hydrogen) atoms. The Kier molecular flexibility index (Phi) is 7.86. The van der Waals surface area contributed by atoms with Crippen LogP contribution in [0.5, 0.6) is 5.75 Å². The van der Waals surface area contributed by atoms with Gasteiger partial charge in [0.05, 0.1) is 40.4 Å². The molecule has 178 valence electrons. The average Bonchev–Trinajstić information content (AvgIpc) is 2.78. The molecule has 0 aromatic heterocycles. The summed E-state index contributed by atoms with van der Waals surface area (Å²) in [4.78, 5) is 26.6. The summed E-state index contributed by atoms with van der Waals surface area (Å²) in [7, 11) is -2.61. The highest BCUT2D eigenvalue weighted by Crippen LogP contribution is 2.28. The number of hydrogen-bond donors (Lipinski definition) is 1. The van der Waals surface area contributed by atoms with Gasteiger partial charge in [-0.25, -0.2) is 13.2 Å². The number of nitrogens with one attached hydrogen (secondary N) is 1. The number of benzene rings is 2. The molecule has 1 saturated heterocycles. The first kappa shape index (κ1) is 24.9. The summed E-state index contributed by atoms with van der Waals surface area (Å²) in [5.41, 5.74) is 0.488. The van der Waals surface area contributed by atoms with Crippen LogP contribution in [-0.2, 0) is 14.8 Å². The largest absolute Gasteiger partial charge is 0.496 e. The zero-order valence-corrected chi connectivity index (χ0v) is 20.3. The van der Waals surface area contributed by atoms with E-state index in [0.29, 0.717) is 24.8 Å². The fraction of sp³-hybridized carbons (Fsp3) is 0.391. The van der Waals surface area contributed by atoms with E-state index >= 15 is 0 Å². The highest BCUT2D eigenvalue weighted by atomic mass is 35.5. The van der Waals surface area contributed by atoms with Crippen LogP contribution < -0.4 is 9.46 Å². The van der Waals surface area contributed by atoms with Gasteiger partial charge in [-0.15, -0.1) is 0 Å². The molecule has 1 fully saturated rings. The number of carbonyl (C=O) groups excluding carboxylic acids is 2. The lowest BCUT2D eigenvalue weighted by Gasteiger charge is -2.30. The van der Waals surface area contributed by atoms with Gasteiger partial charge >= 0.3 is 5.97 Å². The minimum absolute atomic E-state index is 0.0542. The first-order valence-electron chi connectivity index (χ1n) is 10.6. The highest BCUT2D eigenvalue weighted by Gasteiger charge is 2.26. The van der Waals surface area contributed by atoms with Gasteiger partial charge < -0.3 is 14.4 Å². The Hall–Kier alpha value is -2.78. The van der Waals surface area contributed by atoms with Crippen LogP contribution >= 0.6 is 11.6 Å². The summed E-state index contributed by atoms with van der Waals surface area (Å²) in [5, 5.41) is 0.0542. The van der Waals surface area contributed by atoms with Gasteiger partial charge in [0.15, 0.2) is 0 Å². The number of methoxy groups -OCH3 is 1. The van der Waals surface area contributed by atoms with Gasteiger partial charge in [0.1, 0.15) is 5.75 Å². The summed E-state index contributed by atoms with van der Waals surface area (Å²) >= 11 is 6.14. The average molecular weight is 495 g/mol. The van der Waals surface area contributed by atoms with Crippen molar-refractivity contribution < 1.29 is 27.5 Å². The molecule has 0 atom stereocenters. The maximum atomic E-state index is 13.1. The van der Waals surface area contributed by atoms with E-state index in [2.05, 4.69) is 11.6 Å². The molecule has 3 rings (SSSR count). The van der Waals surface area contributed by atoms with Crippen molar-refractivity contribution in [2.75, 3.05) is 31.5 Å². The van der Waals surface area contributed by atoms with Crippen molar-refractivity contribution in [1.29, 1.82) is 0 Å². The van der Waals surface area contributed by atoms with Crippen molar-refractivity contribution in [2.24, 2.45) is 5.92 Å². The third-order valence-corrected chi connectivity index (χ3v) is 7.19. The number of sulfonamides is 1. The second-order valence-electron chi connectivity index (χ2n) is 7.86. The lowest BCUT2D eigenvalue weighted by molar-refractivity contribution is 0.0526. The van der Waals surface area contributed by atoms with Crippen LogP contribution in [0.1, 0.15) is 47.4 Å². The van der Waals surface area contributed by atoms with Crippen molar-refractivity contribution in [2.45, 2.75) is 31.6 Å². The number of piperidine rings is 1. The van der Waals surface area contributed by atoms with E-state index in [1.807, 2.05) is 0 Å². The Labute approximate surface area is 198 Å². The molecule has 0 radical (unpaired) electrons. The van der Waals surface area contributed by atoms with Gasteiger partial charge in [0.2, 0.25) is 0 Å². The molecule has 10 heteroatoms. The molecule has 2 aromatic carbocycles. The molecule has 0 saturated carbocycles.